The Hall–Kier alpha value is -2.00. The summed E-state index contributed by atoms with van der Waals surface area (Å²) in [5, 5.41) is 14.6. The van der Waals surface area contributed by atoms with Gasteiger partial charge in [-0.25, -0.2) is 9.59 Å². The lowest BCUT2D eigenvalue weighted by molar-refractivity contribution is 0.0697. The summed E-state index contributed by atoms with van der Waals surface area (Å²) in [6, 6.07) is -0.857. The summed E-state index contributed by atoms with van der Waals surface area (Å²) in [6.07, 6.45) is 5.86. The zero-order valence-electron chi connectivity index (χ0n) is 11.0. The van der Waals surface area contributed by atoms with Crippen molar-refractivity contribution in [2.75, 3.05) is 5.32 Å². The Bertz CT molecular complexity index is 543. The van der Waals surface area contributed by atoms with Gasteiger partial charge in [0.2, 0.25) is 0 Å². The van der Waals surface area contributed by atoms with Crippen LogP contribution in [0.15, 0.2) is 0 Å². The summed E-state index contributed by atoms with van der Waals surface area (Å²) in [5.41, 5.74) is 0.795. The second-order valence-electron chi connectivity index (χ2n) is 4.02. The monoisotopic (exact) mass is 280 g/mol. The molecule has 1 heterocycles. The first-order valence-corrected chi connectivity index (χ1v) is 6.59. The zero-order chi connectivity index (χ0) is 14.6. The number of aromatic carboxylic acids is 1. The Morgan fingerprint density at radius 3 is 2.58 bits per heavy atom. The second kappa shape index (κ2) is 6.25. The standard InChI is InChI=1S/C13H16N2O3S/c1-5-9(6-2)14-13(18)15-11-10(12(16)17)7(3)8(4)19-11/h1,9H,6H2,2-4H3,(H,16,17)(H2,14,15,18). The summed E-state index contributed by atoms with van der Waals surface area (Å²) in [7, 11) is 0. The Balaban J connectivity index is 2.89. The molecule has 19 heavy (non-hydrogen) atoms. The molecule has 0 aliphatic rings. The van der Waals surface area contributed by atoms with E-state index in [0.29, 0.717) is 17.0 Å². The van der Waals surface area contributed by atoms with E-state index in [1.54, 1.807) is 6.92 Å². The number of amides is 2. The Labute approximate surface area is 116 Å². The van der Waals surface area contributed by atoms with E-state index in [2.05, 4.69) is 16.6 Å². The number of rotatable bonds is 4. The number of carboxylic acids is 1. The molecule has 1 aromatic rings. The van der Waals surface area contributed by atoms with Crippen molar-refractivity contribution in [1.82, 2.24) is 5.32 Å². The average molecular weight is 280 g/mol. The van der Waals surface area contributed by atoms with Crippen LogP contribution in [0.5, 0.6) is 0 Å². The van der Waals surface area contributed by atoms with Crippen molar-refractivity contribution in [3.63, 3.8) is 0 Å². The molecule has 5 nitrogen and oxygen atoms in total. The summed E-state index contributed by atoms with van der Waals surface area (Å²) in [6.45, 7) is 5.38. The predicted molar refractivity (Wildman–Crippen MR) is 75.8 cm³/mol. The number of carboxylic acid groups (broad SMARTS) is 1. The molecule has 0 saturated carbocycles. The number of carbonyl (C=O) groups is 2. The first-order valence-electron chi connectivity index (χ1n) is 5.77. The van der Waals surface area contributed by atoms with Crippen molar-refractivity contribution in [1.29, 1.82) is 0 Å². The van der Waals surface area contributed by atoms with E-state index in [9.17, 15) is 9.59 Å². The minimum atomic E-state index is -1.05. The van der Waals surface area contributed by atoms with Crippen LogP contribution in [0.25, 0.3) is 0 Å². The van der Waals surface area contributed by atoms with Gasteiger partial charge in [0.25, 0.3) is 0 Å². The van der Waals surface area contributed by atoms with Crippen molar-refractivity contribution >= 4 is 28.3 Å². The molecule has 0 saturated heterocycles. The van der Waals surface area contributed by atoms with E-state index in [-0.39, 0.29) is 11.6 Å². The molecule has 3 N–H and O–H groups in total. The van der Waals surface area contributed by atoms with Crippen LogP contribution in [0.1, 0.15) is 34.1 Å². The van der Waals surface area contributed by atoms with E-state index in [0.717, 1.165) is 4.88 Å². The highest BCUT2D eigenvalue weighted by atomic mass is 32.1. The maximum absolute atomic E-state index is 11.7. The van der Waals surface area contributed by atoms with Crippen LogP contribution in [-0.4, -0.2) is 23.1 Å². The van der Waals surface area contributed by atoms with Gasteiger partial charge < -0.3 is 10.4 Å². The minimum absolute atomic E-state index is 0.131. The topological polar surface area (TPSA) is 78.4 Å². The summed E-state index contributed by atoms with van der Waals surface area (Å²) in [4.78, 5) is 23.8. The van der Waals surface area contributed by atoms with Crippen LogP contribution in [0, 0.1) is 26.2 Å². The molecule has 1 rings (SSSR count). The number of urea groups is 1. The van der Waals surface area contributed by atoms with Gasteiger partial charge >= 0.3 is 12.0 Å². The highest BCUT2D eigenvalue weighted by molar-refractivity contribution is 7.16. The SMILES string of the molecule is C#CC(CC)NC(=O)Nc1sc(C)c(C)c1C(=O)O. The summed E-state index contributed by atoms with van der Waals surface area (Å²) in [5.74, 6) is 1.38. The van der Waals surface area contributed by atoms with E-state index in [4.69, 9.17) is 11.5 Å². The third kappa shape index (κ3) is 3.48. The van der Waals surface area contributed by atoms with Gasteiger partial charge in [-0.05, 0) is 25.8 Å². The molecule has 0 radical (unpaired) electrons. The molecule has 1 aromatic heterocycles. The number of carbonyl (C=O) groups excluding carboxylic acids is 1. The number of aryl methyl sites for hydroxylation is 1. The van der Waals surface area contributed by atoms with Gasteiger partial charge in [-0.15, -0.1) is 17.8 Å². The molecule has 0 aliphatic heterocycles. The first kappa shape index (κ1) is 15.1. The van der Waals surface area contributed by atoms with Crippen molar-refractivity contribution in [2.45, 2.75) is 33.2 Å². The Morgan fingerprint density at radius 2 is 2.11 bits per heavy atom. The maximum Gasteiger partial charge on any atom is 0.338 e. The molecule has 1 unspecified atom stereocenters. The van der Waals surface area contributed by atoms with Crippen molar-refractivity contribution in [3.8, 4) is 12.3 Å². The summed E-state index contributed by atoms with van der Waals surface area (Å²) >= 11 is 1.24. The number of nitrogens with one attached hydrogen (secondary N) is 2. The molecule has 0 aliphatic carbocycles. The Morgan fingerprint density at radius 1 is 1.47 bits per heavy atom. The van der Waals surface area contributed by atoms with Crippen molar-refractivity contribution in [2.24, 2.45) is 0 Å². The lowest BCUT2D eigenvalue weighted by Crippen LogP contribution is -2.36. The molecular formula is C13H16N2O3S. The molecule has 0 aromatic carbocycles. The number of hydrogen-bond acceptors (Lipinski definition) is 3. The van der Waals surface area contributed by atoms with Gasteiger partial charge in [0.05, 0.1) is 11.6 Å². The lowest BCUT2D eigenvalue weighted by atomic mass is 10.1. The molecular weight excluding hydrogens is 264 g/mol. The molecule has 2 amide bonds. The quantitative estimate of drug-likeness (QED) is 0.742. The fourth-order valence-electron chi connectivity index (χ4n) is 1.53. The molecule has 1 atom stereocenters. The molecule has 0 bridgehead atoms. The molecule has 0 fully saturated rings. The highest BCUT2D eigenvalue weighted by Gasteiger charge is 2.20. The van der Waals surface area contributed by atoms with Gasteiger partial charge in [-0.3, -0.25) is 5.32 Å². The number of thiophene rings is 1. The molecule has 6 heteroatoms. The lowest BCUT2D eigenvalue weighted by Gasteiger charge is -2.11. The number of anilines is 1. The van der Waals surface area contributed by atoms with Crippen LogP contribution < -0.4 is 10.6 Å². The van der Waals surface area contributed by atoms with Crippen LogP contribution in [0.3, 0.4) is 0 Å². The maximum atomic E-state index is 11.7. The van der Waals surface area contributed by atoms with E-state index in [1.807, 2.05) is 13.8 Å². The predicted octanol–water partition coefficient (Wildman–Crippen LogP) is 2.60. The summed E-state index contributed by atoms with van der Waals surface area (Å²) < 4.78 is 0. The van der Waals surface area contributed by atoms with Crippen molar-refractivity contribution < 1.29 is 14.7 Å². The highest BCUT2D eigenvalue weighted by Crippen LogP contribution is 2.32. The van der Waals surface area contributed by atoms with Crippen LogP contribution in [-0.2, 0) is 0 Å². The zero-order valence-corrected chi connectivity index (χ0v) is 11.9. The van der Waals surface area contributed by atoms with Crippen LogP contribution in [0.2, 0.25) is 0 Å². The normalized spacial score (nSPS) is 11.5. The number of terminal acetylenes is 1. The Kier molecular flexibility index (Phi) is 4.95. The minimum Gasteiger partial charge on any atom is -0.478 e. The van der Waals surface area contributed by atoms with Gasteiger partial charge in [-0.1, -0.05) is 12.8 Å². The third-order valence-corrected chi connectivity index (χ3v) is 3.86. The fourth-order valence-corrected chi connectivity index (χ4v) is 2.58. The third-order valence-electron chi connectivity index (χ3n) is 2.74. The number of hydrogen-bond donors (Lipinski definition) is 3. The molecule has 102 valence electrons. The van der Waals surface area contributed by atoms with Crippen molar-refractivity contribution in [3.05, 3.63) is 16.0 Å². The van der Waals surface area contributed by atoms with E-state index < -0.39 is 12.0 Å². The van der Waals surface area contributed by atoms with Gasteiger partial charge in [0.1, 0.15) is 5.00 Å². The second-order valence-corrected chi connectivity index (χ2v) is 5.24. The fraction of sp³-hybridized carbons (Fsp3) is 0.385. The van der Waals surface area contributed by atoms with Gasteiger partial charge in [0.15, 0.2) is 0 Å². The smallest absolute Gasteiger partial charge is 0.338 e. The largest absolute Gasteiger partial charge is 0.478 e. The first-order chi connectivity index (χ1) is 8.90. The van der Waals surface area contributed by atoms with E-state index >= 15 is 0 Å². The van der Waals surface area contributed by atoms with E-state index in [1.165, 1.54) is 11.3 Å². The van der Waals surface area contributed by atoms with Crippen LogP contribution in [0.4, 0.5) is 9.80 Å². The van der Waals surface area contributed by atoms with Gasteiger partial charge in [0, 0.05) is 4.88 Å². The average Bonchev–Trinajstić information content (AvgIpc) is 2.61. The molecule has 0 spiro atoms. The van der Waals surface area contributed by atoms with Gasteiger partial charge in [-0.2, -0.15) is 0 Å². The van der Waals surface area contributed by atoms with Crippen LogP contribution >= 0.6 is 11.3 Å².